The van der Waals surface area contributed by atoms with Crippen molar-refractivity contribution in [1.82, 2.24) is 10.0 Å². The number of carbonyl (C=O) groups is 3. The second kappa shape index (κ2) is 8.94. The smallest absolute Gasteiger partial charge is 0.405 e. The van der Waals surface area contributed by atoms with E-state index >= 15 is 0 Å². The number of amides is 3. The van der Waals surface area contributed by atoms with Gasteiger partial charge in [0.15, 0.2) is 0 Å². The standard InChI is InChI=1S/C19H19BrN4O6S/c20-12-7-10(5-6-11(12)16-9-17(25)24-31(16,29)30)8-15(23-19(27)28)18(26)22-14-4-2-1-3-13(14)21/h1-7,15-16,23H,8-9,21H2,(H,22,26)(H,24,25)(H,27,28)/t15-,16?/m0/s1. The second-order valence-corrected chi connectivity index (χ2v) is 9.62. The first-order valence-electron chi connectivity index (χ1n) is 9.04. The number of sulfonamides is 1. The first kappa shape index (κ1) is 22.6. The maximum atomic E-state index is 12.7. The maximum absolute atomic E-state index is 12.7. The van der Waals surface area contributed by atoms with Gasteiger partial charge in [-0.3, -0.25) is 14.3 Å². The Hall–Kier alpha value is -3.12. The van der Waals surface area contributed by atoms with Crippen LogP contribution in [0.25, 0.3) is 0 Å². The van der Waals surface area contributed by atoms with Gasteiger partial charge < -0.3 is 21.5 Å². The number of hydrogen-bond acceptors (Lipinski definition) is 6. The van der Waals surface area contributed by atoms with E-state index in [4.69, 9.17) is 10.8 Å². The van der Waals surface area contributed by atoms with Crippen LogP contribution in [0, 0.1) is 0 Å². The van der Waals surface area contributed by atoms with Crippen LogP contribution in [0.2, 0.25) is 0 Å². The van der Waals surface area contributed by atoms with Crippen LogP contribution >= 0.6 is 15.9 Å². The molecule has 1 saturated heterocycles. The Bertz CT molecular complexity index is 1150. The van der Waals surface area contributed by atoms with Crippen molar-refractivity contribution in [2.75, 3.05) is 11.1 Å². The summed E-state index contributed by atoms with van der Waals surface area (Å²) in [5, 5.41) is 12.9. The number of nitrogens with two attached hydrogens (primary N) is 1. The predicted molar refractivity (Wildman–Crippen MR) is 117 cm³/mol. The molecule has 1 aliphatic heterocycles. The van der Waals surface area contributed by atoms with Gasteiger partial charge in [0.2, 0.25) is 21.8 Å². The molecule has 164 valence electrons. The number of carboxylic acid groups (broad SMARTS) is 1. The fourth-order valence-corrected chi connectivity index (χ4v) is 5.52. The highest BCUT2D eigenvalue weighted by Gasteiger charge is 2.38. The lowest BCUT2D eigenvalue weighted by atomic mass is 10.0. The van der Waals surface area contributed by atoms with Crippen molar-refractivity contribution in [2.45, 2.75) is 24.1 Å². The van der Waals surface area contributed by atoms with E-state index in [0.717, 1.165) is 0 Å². The molecule has 0 aromatic heterocycles. The molecule has 0 bridgehead atoms. The van der Waals surface area contributed by atoms with Crippen LogP contribution in [0.4, 0.5) is 16.2 Å². The third kappa shape index (κ3) is 5.33. The number of hydrogen-bond donors (Lipinski definition) is 5. The monoisotopic (exact) mass is 510 g/mol. The van der Waals surface area contributed by atoms with Crippen LogP contribution in [0.3, 0.4) is 0 Å². The van der Waals surface area contributed by atoms with E-state index < -0.39 is 39.2 Å². The fourth-order valence-electron chi connectivity index (χ4n) is 3.21. The van der Waals surface area contributed by atoms with Gasteiger partial charge in [0.1, 0.15) is 11.3 Å². The second-order valence-electron chi connectivity index (χ2n) is 6.90. The molecule has 2 aromatic rings. The summed E-state index contributed by atoms with van der Waals surface area (Å²) >= 11 is 3.31. The van der Waals surface area contributed by atoms with Crippen LogP contribution in [-0.4, -0.2) is 37.5 Å². The number of carbonyl (C=O) groups excluding carboxylic acids is 2. The number of para-hydroxylation sites is 2. The van der Waals surface area contributed by atoms with Crippen molar-refractivity contribution >= 4 is 55.2 Å². The van der Waals surface area contributed by atoms with Gasteiger partial charge in [-0.2, -0.15) is 0 Å². The molecule has 0 spiro atoms. The van der Waals surface area contributed by atoms with E-state index in [1.165, 1.54) is 6.07 Å². The highest BCUT2D eigenvalue weighted by molar-refractivity contribution is 9.10. The summed E-state index contributed by atoms with van der Waals surface area (Å²) in [5.74, 6) is -1.18. The lowest BCUT2D eigenvalue weighted by molar-refractivity contribution is -0.119. The van der Waals surface area contributed by atoms with Crippen molar-refractivity contribution in [3.8, 4) is 0 Å². The highest BCUT2D eigenvalue weighted by Crippen LogP contribution is 2.35. The number of halogens is 1. The molecule has 31 heavy (non-hydrogen) atoms. The summed E-state index contributed by atoms with van der Waals surface area (Å²) in [6, 6.07) is 10.1. The topological polar surface area (TPSA) is 168 Å². The van der Waals surface area contributed by atoms with Gasteiger partial charge in [-0.1, -0.05) is 40.2 Å². The Balaban J connectivity index is 1.81. The molecule has 12 heteroatoms. The summed E-state index contributed by atoms with van der Waals surface area (Å²) in [6.45, 7) is 0. The fraction of sp³-hybridized carbons (Fsp3) is 0.211. The van der Waals surface area contributed by atoms with Gasteiger partial charge in [-0.15, -0.1) is 0 Å². The van der Waals surface area contributed by atoms with Crippen molar-refractivity contribution in [1.29, 1.82) is 0 Å². The van der Waals surface area contributed by atoms with Gasteiger partial charge in [-0.05, 0) is 29.3 Å². The minimum atomic E-state index is -3.81. The van der Waals surface area contributed by atoms with Gasteiger partial charge in [0.05, 0.1) is 17.8 Å². The first-order valence-corrected chi connectivity index (χ1v) is 11.4. The SMILES string of the molecule is Nc1ccccc1NC(=O)[C@H](Cc1ccc(C2CC(=O)NS2(=O)=O)c(Br)c1)NC(=O)O. The minimum Gasteiger partial charge on any atom is -0.465 e. The molecule has 1 unspecified atom stereocenters. The molecule has 3 rings (SSSR count). The normalized spacial score (nSPS) is 18.1. The molecule has 1 aliphatic rings. The minimum absolute atomic E-state index is 0.00164. The van der Waals surface area contributed by atoms with E-state index in [1.807, 2.05) is 4.72 Å². The number of nitrogen functional groups attached to an aromatic ring is 1. The summed E-state index contributed by atoms with van der Waals surface area (Å²) in [5.41, 5.74) is 7.46. The third-order valence-corrected chi connectivity index (χ3v) is 7.05. The Labute approximate surface area is 186 Å². The van der Waals surface area contributed by atoms with Crippen LogP contribution < -0.4 is 21.1 Å². The average molecular weight is 511 g/mol. The zero-order valence-electron chi connectivity index (χ0n) is 16.0. The molecular weight excluding hydrogens is 492 g/mol. The summed E-state index contributed by atoms with van der Waals surface area (Å²) in [4.78, 5) is 35.3. The summed E-state index contributed by atoms with van der Waals surface area (Å²) in [6.07, 6.45) is -1.57. The molecule has 2 atom stereocenters. The number of nitrogens with one attached hydrogen (secondary N) is 3. The van der Waals surface area contributed by atoms with Crippen LogP contribution in [0.5, 0.6) is 0 Å². The Kier molecular flexibility index (Phi) is 6.51. The molecule has 10 nitrogen and oxygen atoms in total. The average Bonchev–Trinajstić information content (AvgIpc) is 2.94. The van der Waals surface area contributed by atoms with E-state index in [2.05, 4.69) is 26.6 Å². The zero-order valence-corrected chi connectivity index (χ0v) is 18.4. The molecule has 2 aromatic carbocycles. The number of benzene rings is 2. The van der Waals surface area contributed by atoms with E-state index in [9.17, 15) is 22.8 Å². The molecule has 0 aliphatic carbocycles. The van der Waals surface area contributed by atoms with Gasteiger partial charge in [0, 0.05) is 10.9 Å². The predicted octanol–water partition coefficient (Wildman–Crippen LogP) is 1.74. The number of anilines is 2. The molecule has 0 saturated carbocycles. The molecule has 3 amide bonds. The zero-order chi connectivity index (χ0) is 22.8. The van der Waals surface area contributed by atoms with Crippen molar-refractivity contribution in [3.05, 3.63) is 58.1 Å². The molecule has 1 fully saturated rings. The first-order chi connectivity index (χ1) is 14.6. The molecule has 6 N–H and O–H groups in total. The Morgan fingerprint density at radius 3 is 2.55 bits per heavy atom. The van der Waals surface area contributed by atoms with Crippen molar-refractivity contribution in [2.24, 2.45) is 0 Å². The molecule has 0 radical (unpaired) electrons. The van der Waals surface area contributed by atoms with Gasteiger partial charge in [-0.25, -0.2) is 13.2 Å². The van der Waals surface area contributed by atoms with Crippen LogP contribution in [0.1, 0.15) is 22.8 Å². The lowest BCUT2D eigenvalue weighted by Crippen LogP contribution is -2.44. The van der Waals surface area contributed by atoms with Crippen LogP contribution in [0.15, 0.2) is 46.9 Å². The largest absolute Gasteiger partial charge is 0.465 e. The Morgan fingerprint density at radius 1 is 1.26 bits per heavy atom. The quantitative estimate of drug-likeness (QED) is 0.368. The molecule has 1 heterocycles. The lowest BCUT2D eigenvalue weighted by Gasteiger charge is -2.18. The Morgan fingerprint density at radius 2 is 1.97 bits per heavy atom. The van der Waals surface area contributed by atoms with E-state index in [-0.39, 0.29) is 12.8 Å². The van der Waals surface area contributed by atoms with E-state index in [1.54, 1.807) is 36.4 Å². The molecular formula is C19H19BrN4O6S. The summed E-state index contributed by atoms with van der Waals surface area (Å²) < 4.78 is 26.6. The van der Waals surface area contributed by atoms with E-state index in [0.29, 0.717) is 27.0 Å². The number of rotatable bonds is 6. The van der Waals surface area contributed by atoms with Crippen molar-refractivity contribution in [3.63, 3.8) is 0 Å². The third-order valence-electron chi connectivity index (χ3n) is 4.69. The highest BCUT2D eigenvalue weighted by atomic mass is 79.9. The van der Waals surface area contributed by atoms with Gasteiger partial charge >= 0.3 is 6.09 Å². The van der Waals surface area contributed by atoms with Crippen LogP contribution in [-0.2, 0) is 26.0 Å². The summed E-state index contributed by atoms with van der Waals surface area (Å²) in [7, 11) is -3.81. The maximum Gasteiger partial charge on any atom is 0.405 e. The van der Waals surface area contributed by atoms with Crippen molar-refractivity contribution < 1.29 is 27.9 Å². The van der Waals surface area contributed by atoms with Gasteiger partial charge in [0.25, 0.3) is 0 Å².